The molecule has 1 aromatic carbocycles. The normalized spacial score (nSPS) is 19.3. The van der Waals surface area contributed by atoms with E-state index < -0.39 is 11.0 Å². The maximum absolute atomic E-state index is 12.8. The molecule has 0 aliphatic carbocycles. The van der Waals surface area contributed by atoms with Crippen molar-refractivity contribution in [3.8, 4) is 5.75 Å². The number of Topliss-reactive ketones (excluding diaryl/α,β-unsaturated/α-hetero) is 1. The van der Waals surface area contributed by atoms with Crippen LogP contribution in [0.5, 0.6) is 5.75 Å². The van der Waals surface area contributed by atoms with Crippen molar-refractivity contribution < 1.29 is 14.3 Å². The largest absolute Gasteiger partial charge is 0.486 e. The number of likely N-dealkylation sites (tertiary alicyclic amines) is 1. The highest BCUT2D eigenvalue weighted by Gasteiger charge is 2.45. The number of amides is 1. The van der Waals surface area contributed by atoms with Gasteiger partial charge in [-0.1, -0.05) is 11.6 Å². The van der Waals surface area contributed by atoms with Crippen molar-refractivity contribution in [2.24, 2.45) is 5.41 Å². The molecule has 0 bridgehead atoms. The van der Waals surface area contributed by atoms with E-state index in [1.807, 2.05) is 38.7 Å². The molecule has 0 saturated carbocycles. The number of hydrogen-bond acceptors (Lipinski definition) is 3. The van der Waals surface area contributed by atoms with Crippen LogP contribution in [-0.2, 0) is 4.79 Å². The topological polar surface area (TPSA) is 46.6 Å². The summed E-state index contributed by atoms with van der Waals surface area (Å²) in [5.41, 5.74) is 1.20. The summed E-state index contributed by atoms with van der Waals surface area (Å²) in [7, 11) is 0. The number of alkyl halides is 1. The second kappa shape index (κ2) is 6.72. The highest BCUT2D eigenvalue weighted by atomic mass is 35.5. The number of ether oxygens (including phenoxy) is 1. The van der Waals surface area contributed by atoms with Crippen LogP contribution in [0.2, 0.25) is 5.02 Å². The lowest BCUT2D eigenvalue weighted by Gasteiger charge is -2.45. The fourth-order valence-corrected chi connectivity index (χ4v) is 4.14. The third-order valence-electron chi connectivity index (χ3n) is 5.61. The predicted octanol–water partition coefficient (Wildman–Crippen LogP) is 4.55. The fraction of sp³-hybridized carbons (Fsp3) is 0.600. The maximum atomic E-state index is 12.8. The molecule has 0 atom stereocenters. The van der Waals surface area contributed by atoms with E-state index in [1.165, 1.54) is 0 Å². The Morgan fingerprint density at radius 1 is 1.31 bits per heavy atom. The number of ketones is 1. The Morgan fingerprint density at radius 2 is 1.92 bits per heavy atom. The van der Waals surface area contributed by atoms with Gasteiger partial charge in [-0.3, -0.25) is 9.59 Å². The lowest BCUT2D eigenvalue weighted by Crippen LogP contribution is -2.54. The van der Waals surface area contributed by atoms with Gasteiger partial charge in [-0.2, -0.15) is 0 Å². The minimum Gasteiger partial charge on any atom is -0.486 e. The summed E-state index contributed by atoms with van der Waals surface area (Å²) in [6, 6.07) is 1.86. The number of aryl methyl sites for hydroxylation is 1. The number of benzene rings is 1. The SMILES string of the molecule is Cc1cc2c(c(C)c1Cl)C(=O)CC1(CCN(C(=O)C(C)(C)CCl)CC1)O2. The number of piperidine rings is 1. The first-order valence-corrected chi connectivity index (χ1v) is 9.89. The summed E-state index contributed by atoms with van der Waals surface area (Å²) >= 11 is 12.2. The molecule has 2 aliphatic heterocycles. The molecule has 2 aliphatic rings. The summed E-state index contributed by atoms with van der Waals surface area (Å²) in [4.78, 5) is 27.3. The molecule has 4 nitrogen and oxygen atoms in total. The van der Waals surface area contributed by atoms with Gasteiger partial charge >= 0.3 is 0 Å². The van der Waals surface area contributed by atoms with E-state index >= 15 is 0 Å². The van der Waals surface area contributed by atoms with Gasteiger partial charge in [0.1, 0.15) is 11.4 Å². The Kier molecular flexibility index (Phi) is 5.04. The molecule has 0 radical (unpaired) electrons. The summed E-state index contributed by atoms with van der Waals surface area (Å²) in [5.74, 6) is 1.05. The van der Waals surface area contributed by atoms with Gasteiger partial charge in [0, 0.05) is 36.8 Å². The molecule has 1 fully saturated rings. The van der Waals surface area contributed by atoms with E-state index in [9.17, 15) is 9.59 Å². The number of hydrogen-bond donors (Lipinski definition) is 0. The van der Waals surface area contributed by atoms with Crippen LogP contribution >= 0.6 is 23.2 Å². The molecule has 26 heavy (non-hydrogen) atoms. The Bertz CT molecular complexity index is 765. The van der Waals surface area contributed by atoms with Crippen molar-refractivity contribution in [3.63, 3.8) is 0 Å². The summed E-state index contributed by atoms with van der Waals surface area (Å²) < 4.78 is 6.34. The van der Waals surface area contributed by atoms with Crippen molar-refractivity contribution >= 4 is 34.9 Å². The van der Waals surface area contributed by atoms with Gasteiger partial charge in [0.2, 0.25) is 5.91 Å². The van der Waals surface area contributed by atoms with Gasteiger partial charge < -0.3 is 9.64 Å². The van der Waals surface area contributed by atoms with Gasteiger partial charge in [0.05, 0.1) is 17.4 Å². The van der Waals surface area contributed by atoms with Crippen LogP contribution in [0, 0.1) is 19.3 Å². The average molecular weight is 398 g/mol. The van der Waals surface area contributed by atoms with Crippen molar-refractivity contribution in [1.82, 2.24) is 4.90 Å². The Hall–Kier alpha value is -1.26. The molecule has 3 rings (SSSR count). The molecular formula is C20H25Cl2NO3. The molecule has 6 heteroatoms. The van der Waals surface area contributed by atoms with Crippen LogP contribution in [0.4, 0.5) is 0 Å². The quantitative estimate of drug-likeness (QED) is 0.687. The highest BCUT2D eigenvalue weighted by Crippen LogP contribution is 2.43. The second-order valence-corrected chi connectivity index (χ2v) is 8.85. The molecule has 0 N–H and O–H groups in total. The first-order valence-electron chi connectivity index (χ1n) is 8.97. The van der Waals surface area contributed by atoms with E-state index in [1.54, 1.807) is 0 Å². The molecule has 1 amide bonds. The molecule has 1 spiro atoms. The van der Waals surface area contributed by atoms with E-state index in [2.05, 4.69) is 0 Å². The van der Waals surface area contributed by atoms with Gasteiger partial charge in [-0.05, 0) is 44.9 Å². The number of nitrogens with zero attached hydrogens (tertiary/aromatic N) is 1. The zero-order chi connectivity index (χ0) is 19.3. The summed E-state index contributed by atoms with van der Waals surface area (Å²) in [6.07, 6.45) is 1.62. The smallest absolute Gasteiger partial charge is 0.229 e. The van der Waals surface area contributed by atoms with Crippen LogP contribution in [0.15, 0.2) is 6.07 Å². The van der Waals surface area contributed by atoms with Crippen molar-refractivity contribution in [1.29, 1.82) is 0 Å². The molecule has 142 valence electrons. The van der Waals surface area contributed by atoms with E-state index in [4.69, 9.17) is 27.9 Å². The van der Waals surface area contributed by atoms with Crippen LogP contribution in [0.3, 0.4) is 0 Å². The lowest BCUT2D eigenvalue weighted by molar-refractivity contribution is -0.142. The number of rotatable bonds is 2. The van der Waals surface area contributed by atoms with Crippen LogP contribution in [0.25, 0.3) is 0 Å². The Labute approximate surface area is 164 Å². The number of carbonyl (C=O) groups excluding carboxylic acids is 2. The van der Waals surface area contributed by atoms with E-state index in [0.29, 0.717) is 48.7 Å². The van der Waals surface area contributed by atoms with Crippen molar-refractivity contribution in [3.05, 3.63) is 27.8 Å². The molecule has 1 aromatic rings. The lowest BCUT2D eigenvalue weighted by atomic mass is 9.80. The second-order valence-electron chi connectivity index (χ2n) is 8.20. The monoisotopic (exact) mass is 397 g/mol. The predicted molar refractivity (Wildman–Crippen MR) is 104 cm³/mol. The molecular weight excluding hydrogens is 373 g/mol. The first kappa shape index (κ1) is 19.5. The average Bonchev–Trinajstić information content (AvgIpc) is 2.59. The zero-order valence-electron chi connectivity index (χ0n) is 15.7. The van der Waals surface area contributed by atoms with Crippen LogP contribution in [-0.4, -0.2) is 41.2 Å². The van der Waals surface area contributed by atoms with Gasteiger partial charge in [-0.25, -0.2) is 0 Å². The Balaban J connectivity index is 1.81. The van der Waals surface area contributed by atoms with Crippen LogP contribution < -0.4 is 4.74 Å². The highest BCUT2D eigenvalue weighted by molar-refractivity contribution is 6.32. The van der Waals surface area contributed by atoms with Gasteiger partial charge in [0.15, 0.2) is 5.78 Å². The van der Waals surface area contributed by atoms with Gasteiger partial charge in [-0.15, -0.1) is 11.6 Å². The molecule has 0 aromatic heterocycles. The minimum atomic E-state index is -0.577. The molecule has 0 unspecified atom stereocenters. The third-order valence-corrected chi connectivity index (χ3v) is 6.86. The standard InChI is InChI=1S/C20H25Cl2NO3/c1-12-9-15-16(13(2)17(12)22)14(24)10-20(26-15)5-7-23(8-6-20)18(25)19(3,4)11-21/h9H,5-8,10-11H2,1-4H3. The number of fused-ring (bicyclic) bond motifs is 1. The molecule has 2 heterocycles. The number of halogens is 2. The molecule has 1 saturated heterocycles. The summed E-state index contributed by atoms with van der Waals surface area (Å²) in [5, 5.41) is 0.625. The number of carbonyl (C=O) groups is 2. The maximum Gasteiger partial charge on any atom is 0.229 e. The van der Waals surface area contributed by atoms with Crippen molar-refractivity contribution in [2.45, 2.75) is 52.6 Å². The van der Waals surface area contributed by atoms with Gasteiger partial charge in [0.25, 0.3) is 0 Å². The minimum absolute atomic E-state index is 0.0587. The van der Waals surface area contributed by atoms with E-state index in [-0.39, 0.29) is 17.6 Å². The van der Waals surface area contributed by atoms with Crippen LogP contribution in [0.1, 0.15) is 54.6 Å². The van der Waals surface area contributed by atoms with Crippen molar-refractivity contribution in [2.75, 3.05) is 19.0 Å². The Morgan fingerprint density at radius 3 is 2.50 bits per heavy atom. The van der Waals surface area contributed by atoms with E-state index in [0.717, 1.165) is 11.1 Å². The third kappa shape index (κ3) is 3.22. The first-order chi connectivity index (χ1) is 12.1. The summed E-state index contributed by atoms with van der Waals surface area (Å²) in [6.45, 7) is 8.65. The fourth-order valence-electron chi connectivity index (χ4n) is 3.88. The zero-order valence-corrected chi connectivity index (χ0v) is 17.3.